The van der Waals surface area contributed by atoms with Crippen LogP contribution < -0.4 is 20.3 Å². The molecule has 202 valence electrons. The van der Waals surface area contributed by atoms with E-state index in [1.165, 1.54) is 12.8 Å². The van der Waals surface area contributed by atoms with Gasteiger partial charge in [0.2, 0.25) is 11.8 Å². The van der Waals surface area contributed by atoms with E-state index in [1.54, 1.807) is 23.0 Å². The molecule has 2 fully saturated rings. The summed E-state index contributed by atoms with van der Waals surface area (Å²) in [6.07, 6.45) is 6.22. The summed E-state index contributed by atoms with van der Waals surface area (Å²) in [6.45, 7) is 4.73. The van der Waals surface area contributed by atoms with Gasteiger partial charge in [-0.2, -0.15) is 10.1 Å². The number of rotatable bonds is 3. The van der Waals surface area contributed by atoms with E-state index >= 15 is 0 Å². The predicted molar refractivity (Wildman–Crippen MR) is 150 cm³/mol. The van der Waals surface area contributed by atoms with Crippen molar-refractivity contribution < 1.29 is 14.3 Å². The fourth-order valence-corrected chi connectivity index (χ4v) is 5.75. The lowest BCUT2D eigenvalue weighted by Crippen LogP contribution is -2.40. The third-order valence-corrected chi connectivity index (χ3v) is 8.03. The SMILES string of the molecule is Cc1cc2cc(n1)-c1cnn(C)c1OCCC[C@@H](C1CC1)CN1/C(=N/C2=O)Nc2cc(NC3COC3)ccc21. The Morgan fingerprint density at radius 1 is 1.10 bits per heavy atom. The van der Waals surface area contributed by atoms with Crippen molar-refractivity contribution in [3.05, 3.63) is 47.8 Å². The molecule has 39 heavy (non-hydrogen) atoms. The molecule has 1 saturated carbocycles. The average molecular weight is 528 g/mol. The molecule has 1 amide bonds. The molecule has 10 nitrogen and oxygen atoms in total. The lowest BCUT2D eigenvalue weighted by atomic mass is 9.97. The standard InChI is InChI=1S/C29H33N7O3/c1-17-10-20-11-24(31-17)23-13-30-35(2)28(23)39-9-3-4-19(18-5-6-18)14-36-26-8-7-21(32-22-15-38-16-22)12-25(26)33-29(36)34-27(20)37/h7-8,10-13,18-19,22,32H,3-6,9,14-16H2,1-2H3,(H,33,34,37)/t19-/m1/s1. The van der Waals surface area contributed by atoms with E-state index in [4.69, 9.17) is 14.5 Å². The van der Waals surface area contributed by atoms with E-state index < -0.39 is 0 Å². The zero-order valence-electron chi connectivity index (χ0n) is 22.3. The molecule has 2 N–H and O–H groups in total. The summed E-state index contributed by atoms with van der Waals surface area (Å²) >= 11 is 0. The summed E-state index contributed by atoms with van der Waals surface area (Å²) in [5.74, 6) is 2.11. The molecule has 0 unspecified atom stereocenters. The van der Waals surface area contributed by atoms with Crippen molar-refractivity contribution in [1.82, 2.24) is 14.8 Å². The van der Waals surface area contributed by atoms with E-state index in [0.717, 1.165) is 60.9 Å². The number of aryl methyl sites for hydroxylation is 2. The third-order valence-electron chi connectivity index (χ3n) is 8.03. The van der Waals surface area contributed by atoms with E-state index in [2.05, 4.69) is 43.8 Å². The lowest BCUT2D eigenvalue weighted by Gasteiger charge is -2.28. The fourth-order valence-electron chi connectivity index (χ4n) is 5.75. The number of ether oxygens (including phenoxy) is 2. The number of benzene rings is 1. The zero-order chi connectivity index (χ0) is 26.5. The van der Waals surface area contributed by atoms with Crippen molar-refractivity contribution in [3.63, 3.8) is 0 Å². The molecular weight excluding hydrogens is 494 g/mol. The summed E-state index contributed by atoms with van der Waals surface area (Å²) in [6, 6.07) is 10.2. The molecule has 5 heterocycles. The molecule has 1 saturated heterocycles. The van der Waals surface area contributed by atoms with Gasteiger partial charge in [-0.15, -0.1) is 0 Å². The molecule has 0 radical (unpaired) electrons. The summed E-state index contributed by atoms with van der Waals surface area (Å²) in [4.78, 5) is 25.1. The highest BCUT2D eigenvalue weighted by Crippen LogP contribution is 2.43. The van der Waals surface area contributed by atoms with Gasteiger partial charge in [-0.1, -0.05) is 0 Å². The summed E-state index contributed by atoms with van der Waals surface area (Å²) in [7, 11) is 1.87. The second-order valence-electron chi connectivity index (χ2n) is 11.0. The van der Waals surface area contributed by atoms with E-state index in [-0.39, 0.29) is 5.91 Å². The number of carbonyl (C=O) groups excluding carboxylic acids is 1. The van der Waals surface area contributed by atoms with E-state index in [1.807, 2.05) is 14.0 Å². The first-order chi connectivity index (χ1) is 19.0. The zero-order valence-corrected chi connectivity index (χ0v) is 22.3. The molecule has 10 heteroatoms. The number of hydrogen-bond acceptors (Lipinski definition) is 8. The molecule has 1 aliphatic carbocycles. The molecule has 7 rings (SSSR count). The van der Waals surface area contributed by atoms with Crippen molar-refractivity contribution in [2.45, 2.75) is 38.6 Å². The van der Waals surface area contributed by atoms with E-state index in [9.17, 15) is 4.79 Å². The van der Waals surface area contributed by atoms with Crippen LogP contribution in [-0.2, 0) is 11.8 Å². The predicted octanol–water partition coefficient (Wildman–Crippen LogP) is 4.23. The molecule has 2 aromatic heterocycles. The molecule has 2 bridgehead atoms. The van der Waals surface area contributed by atoms with Crippen molar-refractivity contribution in [2.24, 2.45) is 23.9 Å². The monoisotopic (exact) mass is 527 g/mol. The van der Waals surface area contributed by atoms with E-state index in [0.29, 0.717) is 47.6 Å². The van der Waals surface area contributed by atoms with Crippen LogP contribution >= 0.6 is 0 Å². The number of fused-ring (bicyclic) bond motifs is 7. The average Bonchev–Trinajstić information content (AvgIpc) is 3.60. The Kier molecular flexibility index (Phi) is 5.99. The van der Waals surface area contributed by atoms with Gasteiger partial charge >= 0.3 is 0 Å². The second kappa shape index (κ2) is 9.68. The minimum Gasteiger partial charge on any atom is -0.477 e. The fraction of sp³-hybridized carbons (Fsp3) is 0.448. The first kappa shape index (κ1) is 24.1. The summed E-state index contributed by atoms with van der Waals surface area (Å²) in [5, 5.41) is 11.4. The van der Waals surface area contributed by atoms with Crippen LogP contribution in [0.25, 0.3) is 11.3 Å². The number of aliphatic imine (C=N–C) groups is 1. The first-order valence-corrected chi connectivity index (χ1v) is 13.8. The maximum Gasteiger partial charge on any atom is 0.280 e. The normalized spacial score (nSPS) is 22.6. The van der Waals surface area contributed by atoms with Crippen molar-refractivity contribution in [3.8, 4) is 17.1 Å². The summed E-state index contributed by atoms with van der Waals surface area (Å²) in [5.41, 5.74) is 5.69. The Morgan fingerprint density at radius 2 is 1.97 bits per heavy atom. The number of carbonyl (C=O) groups is 1. The van der Waals surface area contributed by atoms with Gasteiger partial charge in [0.1, 0.15) is 0 Å². The van der Waals surface area contributed by atoms with Gasteiger partial charge in [-0.3, -0.25) is 9.78 Å². The Bertz CT molecular complexity index is 1460. The molecule has 1 atom stereocenters. The van der Waals surface area contributed by atoms with Crippen LogP contribution in [0.4, 0.5) is 17.1 Å². The Hall–Kier alpha value is -3.92. The molecule has 1 aromatic carbocycles. The van der Waals surface area contributed by atoms with Gasteiger partial charge in [0.05, 0.1) is 54.7 Å². The maximum atomic E-state index is 13.6. The largest absolute Gasteiger partial charge is 0.477 e. The van der Waals surface area contributed by atoms with Crippen LogP contribution in [0.15, 0.2) is 41.5 Å². The van der Waals surface area contributed by atoms with Crippen LogP contribution in [0.2, 0.25) is 0 Å². The van der Waals surface area contributed by atoms with Crippen molar-refractivity contribution in [2.75, 3.05) is 41.9 Å². The highest BCUT2D eigenvalue weighted by atomic mass is 16.5. The molecule has 3 aromatic rings. The van der Waals surface area contributed by atoms with Crippen molar-refractivity contribution >= 4 is 28.9 Å². The molecular formula is C29H33N7O3. The van der Waals surface area contributed by atoms with Gasteiger partial charge in [-0.25, -0.2) is 4.68 Å². The molecule has 0 spiro atoms. The minimum absolute atomic E-state index is 0.309. The topological polar surface area (TPSA) is 106 Å². The van der Waals surface area contributed by atoms with Gasteiger partial charge in [0.15, 0.2) is 0 Å². The first-order valence-electron chi connectivity index (χ1n) is 13.8. The summed E-state index contributed by atoms with van der Waals surface area (Å²) < 4.78 is 13.3. The number of hydrogen-bond donors (Lipinski definition) is 2. The number of nitrogens with one attached hydrogen (secondary N) is 2. The maximum absolute atomic E-state index is 13.6. The number of anilines is 3. The molecule has 4 aliphatic rings. The smallest absolute Gasteiger partial charge is 0.280 e. The van der Waals surface area contributed by atoms with Gasteiger partial charge in [-0.05, 0) is 74.8 Å². The number of amides is 1. The highest BCUT2D eigenvalue weighted by Gasteiger charge is 2.36. The number of pyridine rings is 1. The highest BCUT2D eigenvalue weighted by molar-refractivity contribution is 6.19. The number of guanidine groups is 1. The second-order valence-corrected chi connectivity index (χ2v) is 11.0. The van der Waals surface area contributed by atoms with Gasteiger partial charge in [0, 0.05) is 30.5 Å². The van der Waals surface area contributed by atoms with Crippen molar-refractivity contribution in [1.29, 1.82) is 0 Å². The number of nitrogens with zero attached hydrogens (tertiary/aromatic N) is 5. The Balaban J connectivity index is 1.28. The van der Waals surface area contributed by atoms with Gasteiger partial charge < -0.3 is 25.0 Å². The van der Waals surface area contributed by atoms with Crippen LogP contribution in [0.1, 0.15) is 41.7 Å². The third kappa shape index (κ3) is 4.73. The lowest BCUT2D eigenvalue weighted by molar-refractivity contribution is 0.0211. The van der Waals surface area contributed by atoms with Gasteiger partial charge in [0.25, 0.3) is 5.91 Å². The Morgan fingerprint density at radius 3 is 2.77 bits per heavy atom. The van der Waals surface area contributed by atoms with Crippen LogP contribution in [-0.4, -0.2) is 59.0 Å². The van der Waals surface area contributed by atoms with Crippen LogP contribution in [0.5, 0.6) is 5.88 Å². The van der Waals surface area contributed by atoms with Crippen LogP contribution in [0, 0.1) is 18.8 Å². The van der Waals surface area contributed by atoms with Crippen LogP contribution in [0.3, 0.4) is 0 Å². The number of aromatic nitrogens is 3. The minimum atomic E-state index is -0.309. The molecule has 3 aliphatic heterocycles. The quantitative estimate of drug-likeness (QED) is 0.521. The Labute approximate surface area is 227 Å².